The van der Waals surface area contributed by atoms with Crippen molar-refractivity contribution in [2.75, 3.05) is 0 Å². The molecule has 0 fully saturated rings. The maximum Gasteiger partial charge on any atom is 0.136 e. The molecule has 0 bridgehead atoms. The zero-order valence-corrected chi connectivity index (χ0v) is 7.27. The molecule has 1 unspecified atom stereocenters. The Morgan fingerprint density at radius 2 is 2.00 bits per heavy atom. The summed E-state index contributed by atoms with van der Waals surface area (Å²) in [6, 6.07) is 0.0139. The van der Waals surface area contributed by atoms with E-state index < -0.39 is 0 Å². The zero-order chi connectivity index (χ0) is 8.20. The first kappa shape index (κ1) is 9.63. The lowest BCUT2D eigenvalue weighted by atomic mass is 10.1. The van der Waals surface area contributed by atoms with E-state index >= 15 is 0 Å². The van der Waals surface area contributed by atoms with Crippen LogP contribution in [-0.4, -0.2) is 17.9 Å². The van der Waals surface area contributed by atoms with Crippen LogP contribution in [0, 0.1) is 0 Å². The van der Waals surface area contributed by atoms with Crippen molar-refractivity contribution in [3.05, 3.63) is 0 Å². The lowest BCUT2D eigenvalue weighted by molar-refractivity contribution is -0.110. The number of nitrogens with one attached hydrogen (secondary N) is 1. The van der Waals surface area contributed by atoms with E-state index in [1.54, 1.807) is 0 Å². The lowest BCUT2D eigenvalue weighted by Gasteiger charge is -2.24. The second-order valence-corrected chi connectivity index (χ2v) is 3.55. The summed E-state index contributed by atoms with van der Waals surface area (Å²) in [7, 11) is 0. The molecule has 0 aliphatic carbocycles. The normalized spacial score (nSPS) is 14.8. The molecule has 0 aliphatic rings. The molecule has 2 nitrogen and oxygen atoms in total. The summed E-state index contributed by atoms with van der Waals surface area (Å²) in [5, 5.41) is 3.19. The first-order valence-electron chi connectivity index (χ1n) is 3.72. The van der Waals surface area contributed by atoms with Crippen LogP contribution in [0.25, 0.3) is 0 Å². The van der Waals surface area contributed by atoms with Gasteiger partial charge in [-0.15, -0.1) is 0 Å². The first-order valence-corrected chi connectivity index (χ1v) is 3.72. The van der Waals surface area contributed by atoms with Crippen molar-refractivity contribution >= 4 is 6.29 Å². The zero-order valence-electron chi connectivity index (χ0n) is 7.27. The molecule has 0 saturated carbocycles. The standard InChI is InChI=1S/C8H17NO/c1-5-7(6-10)9-8(2,3)4/h6-7,9H,5H2,1-4H3. The maximum absolute atomic E-state index is 10.4. The van der Waals surface area contributed by atoms with E-state index in [1.807, 2.05) is 6.92 Å². The monoisotopic (exact) mass is 143 g/mol. The van der Waals surface area contributed by atoms with Crippen LogP contribution >= 0.6 is 0 Å². The fourth-order valence-corrected chi connectivity index (χ4v) is 0.788. The molecule has 0 heterocycles. The third-order valence-electron chi connectivity index (χ3n) is 1.22. The minimum atomic E-state index is 0.0139. The van der Waals surface area contributed by atoms with E-state index in [4.69, 9.17) is 0 Å². The average Bonchev–Trinajstić information content (AvgIpc) is 1.81. The summed E-state index contributed by atoms with van der Waals surface area (Å²) in [6.45, 7) is 8.16. The Labute approximate surface area is 63.0 Å². The molecular weight excluding hydrogens is 126 g/mol. The molecule has 0 rings (SSSR count). The van der Waals surface area contributed by atoms with Crippen LogP contribution in [0.2, 0.25) is 0 Å². The molecule has 60 valence electrons. The summed E-state index contributed by atoms with van der Waals surface area (Å²) in [5.41, 5.74) is 0.0432. The van der Waals surface area contributed by atoms with E-state index in [9.17, 15) is 4.79 Å². The summed E-state index contributed by atoms with van der Waals surface area (Å²) >= 11 is 0. The first-order chi connectivity index (χ1) is 4.49. The fraction of sp³-hybridized carbons (Fsp3) is 0.875. The number of hydrogen-bond donors (Lipinski definition) is 1. The predicted octanol–water partition coefficient (Wildman–Crippen LogP) is 1.35. The Bertz CT molecular complexity index is 104. The van der Waals surface area contributed by atoms with Gasteiger partial charge in [0.25, 0.3) is 0 Å². The average molecular weight is 143 g/mol. The number of carbonyl (C=O) groups is 1. The van der Waals surface area contributed by atoms with E-state index in [1.165, 1.54) is 0 Å². The second-order valence-electron chi connectivity index (χ2n) is 3.55. The highest BCUT2D eigenvalue weighted by atomic mass is 16.1. The Hall–Kier alpha value is -0.370. The Morgan fingerprint density at radius 1 is 1.50 bits per heavy atom. The third-order valence-corrected chi connectivity index (χ3v) is 1.22. The molecule has 1 atom stereocenters. The quantitative estimate of drug-likeness (QED) is 0.604. The highest BCUT2D eigenvalue weighted by Gasteiger charge is 2.13. The highest BCUT2D eigenvalue weighted by molar-refractivity contribution is 5.57. The molecular formula is C8H17NO. The minimum absolute atomic E-state index is 0.0139. The van der Waals surface area contributed by atoms with Crippen molar-refractivity contribution in [3.8, 4) is 0 Å². The molecule has 0 saturated heterocycles. The summed E-state index contributed by atoms with van der Waals surface area (Å²) in [6.07, 6.45) is 1.83. The molecule has 0 aliphatic heterocycles. The highest BCUT2D eigenvalue weighted by Crippen LogP contribution is 2.01. The minimum Gasteiger partial charge on any atom is -0.303 e. The SMILES string of the molecule is CCC(C=O)NC(C)(C)C. The summed E-state index contributed by atoms with van der Waals surface area (Å²) < 4.78 is 0. The molecule has 0 aromatic heterocycles. The smallest absolute Gasteiger partial charge is 0.136 e. The van der Waals surface area contributed by atoms with Crippen LogP contribution in [0.1, 0.15) is 34.1 Å². The Kier molecular flexibility index (Phi) is 3.58. The van der Waals surface area contributed by atoms with E-state index in [0.29, 0.717) is 0 Å². The van der Waals surface area contributed by atoms with Crippen LogP contribution in [-0.2, 0) is 4.79 Å². The van der Waals surface area contributed by atoms with Gasteiger partial charge in [-0.3, -0.25) is 0 Å². The fourth-order valence-electron chi connectivity index (χ4n) is 0.788. The molecule has 0 spiro atoms. The largest absolute Gasteiger partial charge is 0.303 e. The van der Waals surface area contributed by atoms with Crippen LogP contribution in [0.15, 0.2) is 0 Å². The van der Waals surface area contributed by atoms with Crippen molar-refractivity contribution in [2.45, 2.75) is 45.7 Å². The number of carbonyl (C=O) groups excluding carboxylic acids is 1. The van der Waals surface area contributed by atoms with Gasteiger partial charge >= 0.3 is 0 Å². The molecule has 0 radical (unpaired) electrons. The third kappa shape index (κ3) is 4.50. The van der Waals surface area contributed by atoms with Crippen molar-refractivity contribution in [1.29, 1.82) is 0 Å². The summed E-state index contributed by atoms with van der Waals surface area (Å²) in [5.74, 6) is 0. The van der Waals surface area contributed by atoms with Crippen molar-refractivity contribution in [1.82, 2.24) is 5.32 Å². The van der Waals surface area contributed by atoms with Gasteiger partial charge in [0.05, 0.1) is 6.04 Å². The topological polar surface area (TPSA) is 29.1 Å². The van der Waals surface area contributed by atoms with Crippen LogP contribution in [0.5, 0.6) is 0 Å². The van der Waals surface area contributed by atoms with Gasteiger partial charge in [-0.25, -0.2) is 0 Å². The molecule has 0 aromatic carbocycles. The lowest BCUT2D eigenvalue weighted by Crippen LogP contribution is -2.44. The Balaban J connectivity index is 3.74. The molecule has 0 aromatic rings. The van der Waals surface area contributed by atoms with Crippen molar-refractivity contribution in [3.63, 3.8) is 0 Å². The molecule has 0 amide bonds. The molecule has 10 heavy (non-hydrogen) atoms. The van der Waals surface area contributed by atoms with Crippen LogP contribution in [0.4, 0.5) is 0 Å². The van der Waals surface area contributed by atoms with Crippen molar-refractivity contribution < 1.29 is 4.79 Å². The second kappa shape index (κ2) is 3.71. The number of hydrogen-bond acceptors (Lipinski definition) is 2. The van der Waals surface area contributed by atoms with Crippen LogP contribution < -0.4 is 5.32 Å². The van der Waals surface area contributed by atoms with E-state index in [0.717, 1.165) is 12.7 Å². The van der Waals surface area contributed by atoms with Crippen LogP contribution in [0.3, 0.4) is 0 Å². The van der Waals surface area contributed by atoms with Crippen molar-refractivity contribution in [2.24, 2.45) is 0 Å². The maximum atomic E-state index is 10.4. The van der Waals surface area contributed by atoms with Gasteiger partial charge in [-0.2, -0.15) is 0 Å². The predicted molar refractivity (Wildman–Crippen MR) is 43.0 cm³/mol. The van der Waals surface area contributed by atoms with Gasteiger partial charge < -0.3 is 10.1 Å². The van der Waals surface area contributed by atoms with Gasteiger partial charge in [-0.1, -0.05) is 6.92 Å². The Morgan fingerprint density at radius 3 is 2.10 bits per heavy atom. The van der Waals surface area contributed by atoms with E-state index in [-0.39, 0.29) is 11.6 Å². The van der Waals surface area contributed by atoms with Gasteiger partial charge in [-0.05, 0) is 27.2 Å². The van der Waals surface area contributed by atoms with E-state index in [2.05, 4.69) is 26.1 Å². The van der Waals surface area contributed by atoms with Gasteiger partial charge in [0.1, 0.15) is 6.29 Å². The van der Waals surface area contributed by atoms with Gasteiger partial charge in [0, 0.05) is 5.54 Å². The molecule has 1 N–H and O–H groups in total. The number of rotatable bonds is 3. The number of aldehydes is 1. The summed E-state index contributed by atoms with van der Waals surface area (Å²) in [4.78, 5) is 10.4. The molecule has 2 heteroatoms. The van der Waals surface area contributed by atoms with Gasteiger partial charge in [0.15, 0.2) is 0 Å². The van der Waals surface area contributed by atoms with Gasteiger partial charge in [0.2, 0.25) is 0 Å².